The lowest BCUT2D eigenvalue weighted by Crippen LogP contribution is -2.09. The molecular weight excluding hydrogens is 140 g/mol. The molecule has 1 rings (SSSR count). The van der Waals surface area contributed by atoms with E-state index >= 15 is 0 Å². The molecule has 0 bridgehead atoms. The maximum absolute atomic E-state index is 10.9. The van der Waals surface area contributed by atoms with Gasteiger partial charge in [-0.1, -0.05) is 24.6 Å². The van der Waals surface area contributed by atoms with Crippen LogP contribution >= 0.6 is 0 Å². The zero-order valence-electron chi connectivity index (χ0n) is 6.46. The first-order chi connectivity index (χ1) is 5.24. The summed E-state index contributed by atoms with van der Waals surface area (Å²) in [5.41, 5.74) is 1.03. The third-order valence-electron chi connectivity index (χ3n) is 1.70. The number of Topliss-reactive ketones (excluding diaryl/α,β-unsaturated/α-hetero) is 1. The van der Waals surface area contributed by atoms with Crippen molar-refractivity contribution in [2.24, 2.45) is 0 Å². The second-order valence-corrected chi connectivity index (χ2v) is 2.50. The third kappa shape index (κ3) is 1.87. The molecule has 0 N–H and O–H groups in total. The van der Waals surface area contributed by atoms with Crippen LogP contribution in [0.2, 0.25) is 0 Å². The van der Waals surface area contributed by atoms with Gasteiger partial charge in [-0.15, -0.1) is 0 Å². The van der Waals surface area contributed by atoms with Crippen LogP contribution in [0, 0.1) is 0 Å². The Kier molecular flexibility index (Phi) is 2.36. The van der Waals surface area contributed by atoms with Crippen LogP contribution in [-0.2, 0) is 9.59 Å². The summed E-state index contributed by atoms with van der Waals surface area (Å²) in [6, 6.07) is 0. The van der Waals surface area contributed by atoms with Crippen molar-refractivity contribution in [3.05, 3.63) is 23.8 Å². The van der Waals surface area contributed by atoms with Crippen molar-refractivity contribution in [1.29, 1.82) is 0 Å². The van der Waals surface area contributed by atoms with Gasteiger partial charge in [0.1, 0.15) is 0 Å². The Labute approximate surface area is 65.6 Å². The van der Waals surface area contributed by atoms with Crippen LogP contribution in [-0.4, -0.2) is 11.6 Å². The number of hydrogen-bond donors (Lipinski definition) is 0. The lowest BCUT2D eigenvalue weighted by molar-refractivity contribution is -0.133. The van der Waals surface area contributed by atoms with E-state index in [2.05, 4.69) is 0 Å². The number of carbonyl (C=O) groups excluding carboxylic acids is 2. The van der Waals surface area contributed by atoms with E-state index in [1.807, 2.05) is 13.0 Å². The SMILES string of the molecule is CCC1=CC=CC(=O)C(=O)C1. The molecule has 0 heterocycles. The Morgan fingerprint density at radius 2 is 2.18 bits per heavy atom. The van der Waals surface area contributed by atoms with Crippen LogP contribution < -0.4 is 0 Å². The van der Waals surface area contributed by atoms with Crippen LogP contribution in [0.1, 0.15) is 19.8 Å². The summed E-state index contributed by atoms with van der Waals surface area (Å²) in [6.07, 6.45) is 5.94. The third-order valence-corrected chi connectivity index (χ3v) is 1.70. The Morgan fingerprint density at radius 1 is 1.45 bits per heavy atom. The van der Waals surface area contributed by atoms with Crippen molar-refractivity contribution in [2.75, 3.05) is 0 Å². The fourth-order valence-electron chi connectivity index (χ4n) is 0.960. The highest BCUT2D eigenvalue weighted by Gasteiger charge is 2.13. The Bertz CT molecular complexity index is 246. The molecule has 0 saturated heterocycles. The molecule has 0 atom stereocenters. The van der Waals surface area contributed by atoms with E-state index in [1.54, 1.807) is 6.08 Å². The van der Waals surface area contributed by atoms with Crippen molar-refractivity contribution < 1.29 is 9.59 Å². The normalized spacial score (nSPS) is 18.1. The molecular formula is C9H10O2. The van der Waals surface area contributed by atoms with E-state index in [-0.39, 0.29) is 11.6 Å². The molecule has 0 fully saturated rings. The Balaban J connectivity index is 2.81. The molecule has 2 nitrogen and oxygen atoms in total. The molecule has 0 amide bonds. The van der Waals surface area contributed by atoms with Gasteiger partial charge in [-0.3, -0.25) is 9.59 Å². The van der Waals surface area contributed by atoms with Gasteiger partial charge >= 0.3 is 0 Å². The zero-order chi connectivity index (χ0) is 8.27. The summed E-state index contributed by atoms with van der Waals surface area (Å²) in [5, 5.41) is 0. The number of hydrogen-bond acceptors (Lipinski definition) is 2. The maximum Gasteiger partial charge on any atom is 0.221 e. The molecule has 1 aliphatic carbocycles. The molecule has 1 aliphatic rings. The van der Waals surface area contributed by atoms with Crippen molar-refractivity contribution in [3.8, 4) is 0 Å². The van der Waals surface area contributed by atoms with E-state index in [0.29, 0.717) is 6.42 Å². The second kappa shape index (κ2) is 3.28. The molecule has 58 valence electrons. The first kappa shape index (κ1) is 7.92. The van der Waals surface area contributed by atoms with Gasteiger partial charge in [0.15, 0.2) is 0 Å². The van der Waals surface area contributed by atoms with Crippen molar-refractivity contribution >= 4 is 11.6 Å². The molecule has 0 spiro atoms. The van der Waals surface area contributed by atoms with Gasteiger partial charge in [-0.05, 0) is 12.5 Å². The summed E-state index contributed by atoms with van der Waals surface area (Å²) < 4.78 is 0. The molecule has 0 aliphatic heterocycles. The van der Waals surface area contributed by atoms with Crippen molar-refractivity contribution in [1.82, 2.24) is 0 Å². The van der Waals surface area contributed by atoms with Crippen LogP contribution in [0.5, 0.6) is 0 Å². The summed E-state index contributed by atoms with van der Waals surface area (Å²) in [7, 11) is 0. The standard InChI is InChI=1S/C9H10O2/c1-2-7-4-3-5-8(10)9(11)6-7/h3-5H,2,6H2,1H3. The van der Waals surface area contributed by atoms with E-state index in [9.17, 15) is 9.59 Å². The van der Waals surface area contributed by atoms with Crippen LogP contribution in [0.3, 0.4) is 0 Å². The topological polar surface area (TPSA) is 34.1 Å². The minimum absolute atomic E-state index is 0.294. The van der Waals surface area contributed by atoms with Crippen molar-refractivity contribution in [3.63, 3.8) is 0 Å². The zero-order valence-corrected chi connectivity index (χ0v) is 6.46. The number of ketones is 2. The second-order valence-electron chi connectivity index (χ2n) is 2.50. The summed E-state index contributed by atoms with van der Waals surface area (Å²) in [6.45, 7) is 1.97. The number of allylic oxidation sites excluding steroid dienone is 4. The first-order valence-corrected chi connectivity index (χ1v) is 3.67. The first-order valence-electron chi connectivity index (χ1n) is 3.67. The molecule has 0 aromatic carbocycles. The fourth-order valence-corrected chi connectivity index (χ4v) is 0.960. The highest BCUT2D eigenvalue weighted by molar-refractivity contribution is 6.42. The molecule has 11 heavy (non-hydrogen) atoms. The van der Waals surface area contributed by atoms with Gasteiger partial charge in [0.05, 0.1) is 0 Å². The van der Waals surface area contributed by atoms with Gasteiger partial charge in [-0.25, -0.2) is 0 Å². The summed E-state index contributed by atoms with van der Waals surface area (Å²) in [5.74, 6) is -0.684. The lowest BCUT2D eigenvalue weighted by atomic mass is 10.1. The quantitative estimate of drug-likeness (QED) is 0.530. The number of carbonyl (C=O) groups is 2. The van der Waals surface area contributed by atoms with E-state index in [4.69, 9.17) is 0 Å². The maximum atomic E-state index is 10.9. The highest BCUT2D eigenvalue weighted by atomic mass is 16.2. The van der Waals surface area contributed by atoms with E-state index < -0.39 is 0 Å². The Morgan fingerprint density at radius 3 is 2.82 bits per heavy atom. The largest absolute Gasteiger partial charge is 0.290 e. The Hall–Kier alpha value is -1.18. The van der Waals surface area contributed by atoms with Gasteiger partial charge in [0, 0.05) is 6.42 Å². The summed E-state index contributed by atoms with van der Waals surface area (Å²) in [4.78, 5) is 21.7. The van der Waals surface area contributed by atoms with Crippen LogP contribution in [0.4, 0.5) is 0 Å². The van der Waals surface area contributed by atoms with Gasteiger partial charge in [-0.2, -0.15) is 0 Å². The highest BCUT2D eigenvalue weighted by Crippen LogP contribution is 2.10. The van der Waals surface area contributed by atoms with E-state index in [1.165, 1.54) is 6.08 Å². The minimum Gasteiger partial charge on any atom is -0.290 e. The molecule has 2 heteroatoms. The number of rotatable bonds is 1. The van der Waals surface area contributed by atoms with Gasteiger partial charge < -0.3 is 0 Å². The molecule has 0 unspecified atom stereocenters. The average Bonchev–Trinajstić information content (AvgIpc) is 2.15. The predicted octanol–water partition coefficient (Wildman–Crippen LogP) is 1.42. The summed E-state index contributed by atoms with van der Waals surface area (Å²) >= 11 is 0. The minimum atomic E-state index is -0.385. The fraction of sp³-hybridized carbons (Fsp3) is 0.333. The van der Waals surface area contributed by atoms with E-state index in [0.717, 1.165) is 12.0 Å². The van der Waals surface area contributed by atoms with Crippen LogP contribution in [0.15, 0.2) is 23.8 Å². The monoisotopic (exact) mass is 150 g/mol. The molecule has 0 aromatic heterocycles. The molecule has 0 aromatic rings. The van der Waals surface area contributed by atoms with Crippen molar-refractivity contribution in [2.45, 2.75) is 19.8 Å². The molecule has 0 saturated carbocycles. The predicted molar refractivity (Wildman–Crippen MR) is 42.1 cm³/mol. The van der Waals surface area contributed by atoms with Gasteiger partial charge in [0.25, 0.3) is 0 Å². The lowest BCUT2D eigenvalue weighted by Gasteiger charge is -1.96. The average molecular weight is 150 g/mol. The smallest absolute Gasteiger partial charge is 0.221 e. The van der Waals surface area contributed by atoms with Gasteiger partial charge in [0.2, 0.25) is 11.6 Å². The molecule has 0 radical (unpaired) electrons. The van der Waals surface area contributed by atoms with Crippen LogP contribution in [0.25, 0.3) is 0 Å².